The number of nitrogens with zero attached hydrogens (tertiary/aromatic N) is 2. The quantitative estimate of drug-likeness (QED) is 0.726. The van der Waals surface area contributed by atoms with Crippen LogP contribution in [0.15, 0.2) is 0 Å². The molecule has 0 aliphatic carbocycles. The summed E-state index contributed by atoms with van der Waals surface area (Å²) in [6.45, 7) is 1.89. The highest BCUT2D eigenvalue weighted by Crippen LogP contribution is 2.23. The Bertz CT molecular complexity index is 319. The smallest absolute Gasteiger partial charge is 0.228 e. The molecule has 0 radical (unpaired) electrons. The zero-order valence-corrected chi connectivity index (χ0v) is 10.4. The lowest BCUT2D eigenvalue weighted by Gasteiger charge is -2.36. The van der Waals surface area contributed by atoms with Crippen molar-refractivity contribution in [2.45, 2.75) is 31.7 Å². The van der Waals surface area contributed by atoms with Gasteiger partial charge in [-0.25, -0.2) is 0 Å². The van der Waals surface area contributed by atoms with Crippen LogP contribution in [0.25, 0.3) is 0 Å². The molecule has 0 spiro atoms. The molecule has 2 unspecified atom stereocenters. The van der Waals surface area contributed by atoms with E-state index < -0.39 is 0 Å². The highest BCUT2D eigenvalue weighted by molar-refractivity contribution is 5.89. The van der Waals surface area contributed by atoms with E-state index in [9.17, 15) is 9.59 Å². The molecular formula is C12H21N3O2. The van der Waals surface area contributed by atoms with Crippen molar-refractivity contribution in [1.29, 1.82) is 0 Å². The second-order valence-electron chi connectivity index (χ2n) is 5.09. The number of amides is 2. The molecule has 2 N–H and O–H groups in total. The first-order valence-corrected chi connectivity index (χ1v) is 6.38. The van der Waals surface area contributed by atoms with Crippen LogP contribution in [0, 0.1) is 5.92 Å². The fourth-order valence-corrected chi connectivity index (χ4v) is 2.80. The van der Waals surface area contributed by atoms with Gasteiger partial charge in [-0.1, -0.05) is 0 Å². The normalized spacial score (nSPS) is 29.9. The Morgan fingerprint density at radius 2 is 2.24 bits per heavy atom. The summed E-state index contributed by atoms with van der Waals surface area (Å²) in [5, 5.41) is 0. The molecule has 0 aromatic rings. The van der Waals surface area contributed by atoms with E-state index in [0.29, 0.717) is 19.5 Å². The molecule has 5 heteroatoms. The summed E-state index contributed by atoms with van der Waals surface area (Å²) in [5.74, 6) is 0.0437. The second-order valence-corrected chi connectivity index (χ2v) is 5.09. The van der Waals surface area contributed by atoms with Crippen molar-refractivity contribution in [2.24, 2.45) is 11.7 Å². The predicted molar refractivity (Wildman–Crippen MR) is 64.2 cm³/mol. The Hall–Kier alpha value is -1.10. The Balaban J connectivity index is 2.01. The van der Waals surface area contributed by atoms with Gasteiger partial charge >= 0.3 is 0 Å². The average Bonchev–Trinajstić information content (AvgIpc) is 2.68. The minimum atomic E-state index is -0.153. The van der Waals surface area contributed by atoms with Gasteiger partial charge in [0.2, 0.25) is 11.8 Å². The van der Waals surface area contributed by atoms with Crippen LogP contribution in [0.2, 0.25) is 0 Å². The predicted octanol–water partition coefficient (Wildman–Crippen LogP) is -0.195. The molecule has 0 saturated carbocycles. The second kappa shape index (κ2) is 5.04. The molecule has 2 heterocycles. The van der Waals surface area contributed by atoms with E-state index in [1.54, 1.807) is 11.9 Å². The molecule has 2 atom stereocenters. The number of nitrogens with two attached hydrogens (primary N) is 1. The largest absolute Gasteiger partial charge is 0.345 e. The molecule has 5 nitrogen and oxygen atoms in total. The van der Waals surface area contributed by atoms with Crippen LogP contribution in [0.5, 0.6) is 0 Å². The van der Waals surface area contributed by atoms with E-state index in [0.717, 1.165) is 25.8 Å². The SMILES string of the molecule is CN1CC(C(=O)N2CCCCC2CN)CC1=O. The maximum Gasteiger partial charge on any atom is 0.228 e. The highest BCUT2D eigenvalue weighted by atomic mass is 16.2. The molecule has 2 fully saturated rings. The molecule has 0 aromatic heterocycles. The third kappa shape index (κ3) is 2.44. The number of hydrogen-bond acceptors (Lipinski definition) is 3. The van der Waals surface area contributed by atoms with E-state index in [4.69, 9.17) is 5.73 Å². The van der Waals surface area contributed by atoms with Crippen LogP contribution >= 0.6 is 0 Å². The number of carbonyl (C=O) groups is 2. The van der Waals surface area contributed by atoms with Crippen LogP contribution in [0.1, 0.15) is 25.7 Å². The number of carbonyl (C=O) groups excluding carboxylic acids is 2. The van der Waals surface area contributed by atoms with Crippen LogP contribution in [0.4, 0.5) is 0 Å². The monoisotopic (exact) mass is 239 g/mol. The van der Waals surface area contributed by atoms with E-state index >= 15 is 0 Å². The maximum atomic E-state index is 12.4. The summed E-state index contributed by atoms with van der Waals surface area (Å²) < 4.78 is 0. The van der Waals surface area contributed by atoms with E-state index in [-0.39, 0.29) is 23.8 Å². The summed E-state index contributed by atoms with van der Waals surface area (Å²) >= 11 is 0. The summed E-state index contributed by atoms with van der Waals surface area (Å²) in [7, 11) is 1.76. The van der Waals surface area contributed by atoms with Gasteiger partial charge < -0.3 is 15.5 Å². The Morgan fingerprint density at radius 1 is 1.47 bits per heavy atom. The van der Waals surface area contributed by atoms with Crippen molar-refractivity contribution >= 4 is 11.8 Å². The fraction of sp³-hybridized carbons (Fsp3) is 0.833. The Morgan fingerprint density at radius 3 is 2.82 bits per heavy atom. The standard InChI is InChI=1S/C12H21N3O2/c1-14-8-9(6-11(14)16)12(17)15-5-3-2-4-10(15)7-13/h9-10H,2-8,13H2,1H3. The topological polar surface area (TPSA) is 66.6 Å². The van der Waals surface area contributed by atoms with Crippen molar-refractivity contribution in [1.82, 2.24) is 9.80 Å². The molecule has 2 aliphatic rings. The van der Waals surface area contributed by atoms with Gasteiger partial charge in [-0.3, -0.25) is 9.59 Å². The Kier molecular flexibility index (Phi) is 3.66. The van der Waals surface area contributed by atoms with Gasteiger partial charge in [-0.2, -0.15) is 0 Å². The van der Waals surface area contributed by atoms with Crippen molar-refractivity contribution < 1.29 is 9.59 Å². The summed E-state index contributed by atoms with van der Waals surface area (Å²) in [5.41, 5.74) is 5.71. The van der Waals surface area contributed by atoms with Gasteiger partial charge in [0.15, 0.2) is 0 Å². The first-order valence-electron chi connectivity index (χ1n) is 6.38. The zero-order valence-electron chi connectivity index (χ0n) is 10.4. The number of rotatable bonds is 2. The molecule has 0 aromatic carbocycles. The van der Waals surface area contributed by atoms with Crippen molar-refractivity contribution in [2.75, 3.05) is 26.7 Å². The molecule has 0 bridgehead atoms. The summed E-state index contributed by atoms with van der Waals surface area (Å²) in [6.07, 6.45) is 3.57. The number of hydrogen-bond donors (Lipinski definition) is 1. The molecule has 17 heavy (non-hydrogen) atoms. The molecule has 96 valence electrons. The van der Waals surface area contributed by atoms with E-state index in [1.165, 1.54) is 0 Å². The van der Waals surface area contributed by atoms with Crippen LogP contribution < -0.4 is 5.73 Å². The van der Waals surface area contributed by atoms with Gasteiger partial charge in [-0.05, 0) is 19.3 Å². The van der Waals surface area contributed by atoms with E-state index in [2.05, 4.69) is 0 Å². The fourth-order valence-electron chi connectivity index (χ4n) is 2.80. The first kappa shape index (κ1) is 12.4. The summed E-state index contributed by atoms with van der Waals surface area (Å²) in [4.78, 5) is 27.4. The van der Waals surface area contributed by atoms with Crippen LogP contribution in [-0.2, 0) is 9.59 Å². The lowest BCUT2D eigenvalue weighted by atomic mass is 9.98. The minimum Gasteiger partial charge on any atom is -0.345 e. The van der Waals surface area contributed by atoms with Gasteiger partial charge in [0.25, 0.3) is 0 Å². The number of piperidine rings is 1. The zero-order chi connectivity index (χ0) is 12.4. The molecule has 2 rings (SSSR count). The molecule has 2 amide bonds. The third-order valence-corrected chi connectivity index (χ3v) is 3.87. The molecule has 2 saturated heterocycles. The minimum absolute atomic E-state index is 0.0738. The molecule has 2 aliphatic heterocycles. The van der Waals surface area contributed by atoms with Gasteiger partial charge in [0.1, 0.15) is 0 Å². The maximum absolute atomic E-state index is 12.4. The third-order valence-electron chi connectivity index (χ3n) is 3.87. The molecular weight excluding hydrogens is 218 g/mol. The van der Waals surface area contributed by atoms with Crippen LogP contribution in [0.3, 0.4) is 0 Å². The first-order chi connectivity index (χ1) is 8.13. The van der Waals surface area contributed by atoms with Crippen molar-refractivity contribution in [3.63, 3.8) is 0 Å². The Labute approximate surface area is 102 Å². The van der Waals surface area contributed by atoms with Crippen molar-refractivity contribution in [3.8, 4) is 0 Å². The lowest BCUT2D eigenvalue weighted by Crippen LogP contribution is -2.49. The lowest BCUT2D eigenvalue weighted by molar-refractivity contribution is -0.139. The summed E-state index contributed by atoms with van der Waals surface area (Å²) in [6, 6.07) is 0.178. The average molecular weight is 239 g/mol. The van der Waals surface area contributed by atoms with E-state index in [1.807, 2.05) is 4.90 Å². The number of likely N-dealkylation sites (tertiary alicyclic amines) is 2. The van der Waals surface area contributed by atoms with Gasteiger partial charge in [-0.15, -0.1) is 0 Å². The van der Waals surface area contributed by atoms with Crippen molar-refractivity contribution in [3.05, 3.63) is 0 Å². The van der Waals surface area contributed by atoms with Gasteiger partial charge in [0.05, 0.1) is 5.92 Å². The van der Waals surface area contributed by atoms with Crippen LogP contribution in [-0.4, -0.2) is 54.3 Å². The highest BCUT2D eigenvalue weighted by Gasteiger charge is 2.37. The van der Waals surface area contributed by atoms with Gasteiger partial charge in [0, 0.05) is 39.1 Å².